The Hall–Kier alpha value is -4.31. The van der Waals surface area contributed by atoms with Gasteiger partial charge >= 0.3 is 0 Å². The molecule has 1 aliphatic carbocycles. The number of piperazine rings is 1. The first-order valence-electron chi connectivity index (χ1n) is 17.2. The second-order valence-electron chi connectivity index (χ2n) is 14.4. The molecule has 5 aromatic rings. The number of hydrogen-bond acceptors (Lipinski definition) is 7. The van der Waals surface area contributed by atoms with Crippen molar-refractivity contribution in [2.45, 2.75) is 38.0 Å². The molecule has 0 unspecified atom stereocenters. The summed E-state index contributed by atoms with van der Waals surface area (Å²) in [6.45, 7) is 9.71. The molecule has 8 nitrogen and oxygen atoms in total. The minimum absolute atomic E-state index is 0.0342. The number of Topliss-reactive ketones (excluding diaryl/α,β-unsaturated/α-hetero) is 1. The minimum Gasteiger partial charge on any atom is -0.381 e. The van der Waals surface area contributed by atoms with Gasteiger partial charge in [-0.15, -0.1) is 0 Å². The highest BCUT2D eigenvalue weighted by atomic mass is 32.2. The van der Waals surface area contributed by atoms with Gasteiger partial charge in [-0.1, -0.05) is 48.0 Å². The fraction of sp³-hybridized carbons (Fsp3) is 0.350. The second kappa shape index (κ2) is 12.2. The van der Waals surface area contributed by atoms with Crippen LogP contribution < -0.4 is 4.90 Å². The number of ketones is 1. The third kappa shape index (κ3) is 5.77. The van der Waals surface area contributed by atoms with Gasteiger partial charge in [0.15, 0.2) is 11.4 Å². The Labute approximate surface area is 288 Å². The van der Waals surface area contributed by atoms with E-state index >= 15 is 0 Å². The van der Waals surface area contributed by atoms with Crippen LogP contribution in [0.25, 0.3) is 33.3 Å². The number of hydrogen-bond donors (Lipinski definition) is 0. The van der Waals surface area contributed by atoms with E-state index in [0.717, 1.165) is 91.9 Å². The zero-order chi connectivity index (χ0) is 33.9. The number of rotatable bonds is 7. The van der Waals surface area contributed by atoms with Crippen molar-refractivity contribution < 1.29 is 17.9 Å². The number of carbonyl (C=O) groups excluding carboxylic acids is 1. The summed E-state index contributed by atoms with van der Waals surface area (Å²) in [4.78, 5) is 23.2. The summed E-state index contributed by atoms with van der Waals surface area (Å²) in [6.07, 6.45) is 6.26. The Morgan fingerprint density at radius 2 is 1.59 bits per heavy atom. The second-order valence-corrected chi connectivity index (χ2v) is 16.2. The van der Waals surface area contributed by atoms with Crippen LogP contribution in [0.4, 0.5) is 5.69 Å². The van der Waals surface area contributed by atoms with Crippen molar-refractivity contribution in [2.24, 2.45) is 11.3 Å². The van der Waals surface area contributed by atoms with E-state index in [4.69, 9.17) is 9.72 Å². The molecule has 0 atom stereocenters. The number of nitrogens with zero attached hydrogens (tertiary/aromatic N) is 4. The highest BCUT2D eigenvalue weighted by Crippen LogP contribution is 2.52. The molecule has 252 valence electrons. The summed E-state index contributed by atoms with van der Waals surface area (Å²) in [7, 11) is -1.77. The molecule has 3 aromatic carbocycles. The molecule has 4 heterocycles. The summed E-state index contributed by atoms with van der Waals surface area (Å²) in [6, 6.07) is 23.1. The molecule has 0 N–H and O–H groups in total. The Balaban J connectivity index is 1.16. The Bertz CT molecular complexity index is 2150. The van der Waals surface area contributed by atoms with E-state index in [1.54, 1.807) is 36.7 Å². The highest BCUT2D eigenvalue weighted by molar-refractivity contribution is 7.90. The lowest BCUT2D eigenvalue weighted by molar-refractivity contribution is 0.0334. The number of ether oxygens (including phenoxy) is 1. The monoisotopic (exact) mass is 674 g/mol. The third-order valence-corrected chi connectivity index (χ3v) is 12.6. The molecule has 49 heavy (non-hydrogen) atoms. The number of likely N-dealkylation sites (N-methyl/N-ethyl adjacent to an activating group) is 1. The number of aromatic nitrogens is 2. The van der Waals surface area contributed by atoms with E-state index in [-0.39, 0.29) is 22.0 Å². The van der Waals surface area contributed by atoms with Gasteiger partial charge in [-0.05, 0) is 92.6 Å². The summed E-state index contributed by atoms with van der Waals surface area (Å²) >= 11 is 0. The lowest BCUT2D eigenvalue weighted by Crippen LogP contribution is -2.44. The van der Waals surface area contributed by atoms with Gasteiger partial charge in [0.2, 0.25) is 0 Å². The number of aryl methyl sites for hydroxylation is 2. The first kappa shape index (κ1) is 31.9. The van der Waals surface area contributed by atoms with Gasteiger partial charge in [-0.25, -0.2) is 17.4 Å². The molecule has 8 rings (SSSR count). The average molecular weight is 675 g/mol. The van der Waals surface area contributed by atoms with Crippen molar-refractivity contribution in [1.82, 2.24) is 13.9 Å². The topological polar surface area (TPSA) is 84.7 Å². The molecule has 3 fully saturated rings. The zero-order valence-corrected chi connectivity index (χ0v) is 29.2. The molecular weight excluding hydrogens is 633 g/mol. The van der Waals surface area contributed by atoms with E-state index in [2.05, 4.69) is 42.0 Å². The molecule has 0 bridgehead atoms. The predicted molar refractivity (Wildman–Crippen MR) is 194 cm³/mol. The van der Waals surface area contributed by atoms with Crippen LogP contribution in [-0.4, -0.2) is 74.5 Å². The fourth-order valence-corrected chi connectivity index (χ4v) is 9.23. The third-order valence-electron chi connectivity index (χ3n) is 11.0. The molecular formula is C40H42N4O4S. The number of fused-ring (bicyclic) bond motifs is 1. The molecule has 0 amide bonds. The van der Waals surface area contributed by atoms with Crippen LogP contribution in [0.3, 0.4) is 0 Å². The molecule has 1 spiro atoms. The summed E-state index contributed by atoms with van der Waals surface area (Å²) in [5, 5.41) is 0.732. The Morgan fingerprint density at radius 3 is 2.27 bits per heavy atom. The van der Waals surface area contributed by atoms with E-state index in [9.17, 15) is 13.2 Å². The van der Waals surface area contributed by atoms with Crippen molar-refractivity contribution in [3.8, 4) is 22.3 Å². The van der Waals surface area contributed by atoms with Crippen molar-refractivity contribution in [1.29, 1.82) is 0 Å². The van der Waals surface area contributed by atoms with Crippen molar-refractivity contribution in [3.05, 3.63) is 102 Å². The SMILES string of the molecule is Cc1ccc(S(=O)(=O)n2cc(-c3ccc(C(=O)C4CC5(CCOC5)C4)cc3)c3cc(-c4ccc(N5CCN(C)CC5)c(C)c4)cnc32)cc1. The smallest absolute Gasteiger partial charge is 0.269 e. The Morgan fingerprint density at radius 1 is 0.878 bits per heavy atom. The van der Waals surface area contributed by atoms with E-state index < -0.39 is 10.0 Å². The maximum absolute atomic E-state index is 14.0. The van der Waals surface area contributed by atoms with Crippen LogP contribution in [0.1, 0.15) is 40.7 Å². The van der Waals surface area contributed by atoms with E-state index in [0.29, 0.717) is 11.2 Å². The number of pyridine rings is 1. The molecule has 1 saturated carbocycles. The number of anilines is 1. The van der Waals surface area contributed by atoms with Gasteiger partial charge in [0.25, 0.3) is 10.0 Å². The maximum atomic E-state index is 14.0. The fourth-order valence-electron chi connectivity index (χ4n) is 7.90. The standard InChI is InChI=1S/C40H42N4O4S/c1-27-4-11-34(12-5-27)49(46,47)44-25-36(29-6-8-30(9-7-29)38(45)33-22-40(23-33)14-19-48-26-40)35-21-32(24-41-39(35)44)31-10-13-37(28(2)20-31)43-17-15-42(3)16-18-43/h4-13,20-21,24-25,33H,14-19,22-23,26H2,1-3H3. The predicted octanol–water partition coefficient (Wildman–Crippen LogP) is 6.98. The average Bonchev–Trinajstić information content (AvgIpc) is 3.74. The summed E-state index contributed by atoms with van der Waals surface area (Å²) in [5.74, 6) is 0.208. The van der Waals surface area contributed by atoms with Gasteiger partial charge in [0.05, 0.1) is 11.5 Å². The van der Waals surface area contributed by atoms with Crippen LogP contribution >= 0.6 is 0 Å². The van der Waals surface area contributed by atoms with Gasteiger partial charge in [0.1, 0.15) is 0 Å². The van der Waals surface area contributed by atoms with Crippen LogP contribution in [0.2, 0.25) is 0 Å². The van der Waals surface area contributed by atoms with E-state index in [1.165, 1.54) is 15.2 Å². The highest BCUT2D eigenvalue weighted by Gasteiger charge is 2.49. The lowest BCUT2D eigenvalue weighted by Gasteiger charge is -2.43. The quantitative estimate of drug-likeness (QED) is 0.172. The van der Waals surface area contributed by atoms with Gasteiger partial charge in [-0.2, -0.15) is 0 Å². The van der Waals surface area contributed by atoms with Gasteiger partial charge < -0.3 is 14.5 Å². The van der Waals surface area contributed by atoms with Gasteiger partial charge in [-0.3, -0.25) is 4.79 Å². The van der Waals surface area contributed by atoms with Crippen molar-refractivity contribution in [3.63, 3.8) is 0 Å². The maximum Gasteiger partial charge on any atom is 0.269 e. The molecule has 9 heteroatoms. The van der Waals surface area contributed by atoms with E-state index in [1.807, 2.05) is 37.3 Å². The van der Waals surface area contributed by atoms with Gasteiger partial charge in [0, 0.05) is 78.9 Å². The van der Waals surface area contributed by atoms with Crippen LogP contribution in [0.5, 0.6) is 0 Å². The summed E-state index contributed by atoms with van der Waals surface area (Å²) in [5.41, 5.74) is 8.17. The van der Waals surface area contributed by atoms with Crippen LogP contribution in [0, 0.1) is 25.2 Å². The normalized spacial score (nSPS) is 21.4. The van der Waals surface area contributed by atoms with Crippen molar-refractivity contribution >= 4 is 32.5 Å². The number of benzene rings is 3. The molecule has 2 aliphatic heterocycles. The molecule has 2 aromatic heterocycles. The molecule has 0 radical (unpaired) electrons. The van der Waals surface area contributed by atoms with Crippen LogP contribution in [-0.2, 0) is 14.8 Å². The molecule has 3 aliphatic rings. The first-order valence-corrected chi connectivity index (χ1v) is 18.6. The van der Waals surface area contributed by atoms with Crippen LogP contribution in [0.15, 0.2) is 90.1 Å². The summed E-state index contributed by atoms with van der Waals surface area (Å²) < 4.78 is 35.0. The largest absolute Gasteiger partial charge is 0.381 e. The number of carbonyl (C=O) groups is 1. The zero-order valence-electron chi connectivity index (χ0n) is 28.4. The first-order chi connectivity index (χ1) is 23.6. The molecule has 2 saturated heterocycles. The lowest BCUT2D eigenvalue weighted by atomic mass is 9.60. The van der Waals surface area contributed by atoms with Crippen molar-refractivity contribution in [2.75, 3.05) is 51.3 Å². The Kier molecular flexibility index (Phi) is 7.97. The minimum atomic E-state index is -3.93.